The van der Waals surface area contributed by atoms with Crippen molar-refractivity contribution in [2.45, 2.75) is 32.6 Å². The fraction of sp³-hybridized carbons (Fsp3) is 0.471. The van der Waals surface area contributed by atoms with E-state index in [4.69, 9.17) is 4.74 Å². The Morgan fingerprint density at radius 3 is 2.86 bits per heavy atom. The standard InChI is InChI=1S/C17H25N3O/c1-3-4-5-9-18-10-8-14-13-15(6-7-16(14)21-2)17-19-11-12-20-17/h6-7,11-13,18H,3-5,8-10H2,1-2H3,(H,19,20). The summed E-state index contributed by atoms with van der Waals surface area (Å²) < 4.78 is 5.45. The summed E-state index contributed by atoms with van der Waals surface area (Å²) in [5.74, 6) is 1.84. The topological polar surface area (TPSA) is 49.9 Å². The predicted molar refractivity (Wildman–Crippen MR) is 86.7 cm³/mol. The minimum atomic E-state index is 0.898. The average molecular weight is 287 g/mol. The fourth-order valence-corrected chi connectivity index (χ4v) is 2.39. The molecule has 0 amide bonds. The van der Waals surface area contributed by atoms with Crippen LogP contribution in [0.5, 0.6) is 5.75 Å². The number of hydrogen-bond acceptors (Lipinski definition) is 3. The maximum Gasteiger partial charge on any atom is 0.137 e. The number of methoxy groups -OCH3 is 1. The number of rotatable bonds is 9. The number of hydrogen-bond donors (Lipinski definition) is 2. The summed E-state index contributed by atoms with van der Waals surface area (Å²) >= 11 is 0. The number of aromatic amines is 1. The molecule has 0 aliphatic heterocycles. The van der Waals surface area contributed by atoms with Gasteiger partial charge in [-0.05, 0) is 49.7 Å². The summed E-state index contributed by atoms with van der Waals surface area (Å²) in [6.07, 6.45) is 8.39. The summed E-state index contributed by atoms with van der Waals surface area (Å²) in [6.45, 7) is 4.29. The lowest BCUT2D eigenvalue weighted by molar-refractivity contribution is 0.409. The maximum atomic E-state index is 5.45. The number of nitrogens with one attached hydrogen (secondary N) is 2. The normalized spacial score (nSPS) is 10.8. The number of ether oxygens (including phenoxy) is 1. The maximum absolute atomic E-state index is 5.45. The molecule has 0 saturated carbocycles. The van der Waals surface area contributed by atoms with Crippen LogP contribution in [0.15, 0.2) is 30.6 Å². The molecule has 1 aromatic heterocycles. The number of H-pyrrole nitrogens is 1. The number of benzene rings is 1. The lowest BCUT2D eigenvalue weighted by Crippen LogP contribution is -2.18. The van der Waals surface area contributed by atoms with Gasteiger partial charge in [0.1, 0.15) is 11.6 Å². The lowest BCUT2D eigenvalue weighted by Gasteiger charge is -2.11. The van der Waals surface area contributed by atoms with Gasteiger partial charge in [-0.25, -0.2) is 4.98 Å². The van der Waals surface area contributed by atoms with Crippen LogP contribution < -0.4 is 10.1 Å². The van der Waals surface area contributed by atoms with E-state index in [2.05, 4.69) is 28.3 Å². The number of aromatic nitrogens is 2. The minimum Gasteiger partial charge on any atom is -0.496 e. The molecule has 0 fully saturated rings. The highest BCUT2D eigenvalue weighted by molar-refractivity contribution is 5.58. The van der Waals surface area contributed by atoms with Crippen LogP contribution in [0.25, 0.3) is 11.4 Å². The molecule has 114 valence electrons. The van der Waals surface area contributed by atoms with Gasteiger partial charge in [0.2, 0.25) is 0 Å². The first-order valence-corrected chi connectivity index (χ1v) is 7.72. The second kappa shape index (κ2) is 8.47. The first kappa shape index (κ1) is 15.6. The van der Waals surface area contributed by atoms with Gasteiger partial charge in [0, 0.05) is 18.0 Å². The quantitative estimate of drug-likeness (QED) is 0.695. The molecule has 0 bridgehead atoms. The lowest BCUT2D eigenvalue weighted by atomic mass is 10.1. The average Bonchev–Trinajstić information content (AvgIpc) is 3.05. The molecule has 21 heavy (non-hydrogen) atoms. The van der Waals surface area contributed by atoms with Gasteiger partial charge < -0.3 is 15.0 Å². The highest BCUT2D eigenvalue weighted by Crippen LogP contribution is 2.24. The highest BCUT2D eigenvalue weighted by Gasteiger charge is 2.07. The van der Waals surface area contributed by atoms with Gasteiger partial charge in [-0.1, -0.05) is 19.8 Å². The molecule has 0 aliphatic carbocycles. The molecule has 0 saturated heterocycles. The fourth-order valence-electron chi connectivity index (χ4n) is 2.39. The van der Waals surface area contributed by atoms with Crippen molar-refractivity contribution in [3.8, 4) is 17.1 Å². The van der Waals surface area contributed by atoms with Crippen molar-refractivity contribution in [3.05, 3.63) is 36.2 Å². The Morgan fingerprint density at radius 1 is 1.24 bits per heavy atom. The molecule has 2 rings (SSSR count). The molecule has 4 nitrogen and oxygen atoms in total. The zero-order valence-corrected chi connectivity index (χ0v) is 13.0. The molecule has 1 heterocycles. The van der Waals surface area contributed by atoms with Gasteiger partial charge in [-0.15, -0.1) is 0 Å². The van der Waals surface area contributed by atoms with E-state index in [1.54, 1.807) is 13.3 Å². The van der Waals surface area contributed by atoms with Crippen LogP contribution in [-0.4, -0.2) is 30.2 Å². The van der Waals surface area contributed by atoms with E-state index in [0.717, 1.165) is 36.6 Å². The summed E-state index contributed by atoms with van der Waals surface area (Å²) in [6, 6.07) is 6.21. The van der Waals surface area contributed by atoms with Gasteiger partial charge in [-0.2, -0.15) is 0 Å². The van der Waals surface area contributed by atoms with Crippen LogP contribution >= 0.6 is 0 Å². The third-order valence-corrected chi connectivity index (χ3v) is 3.58. The molecule has 0 spiro atoms. The largest absolute Gasteiger partial charge is 0.496 e. The van der Waals surface area contributed by atoms with E-state index in [1.165, 1.54) is 24.8 Å². The number of imidazole rings is 1. The Bertz CT molecular complexity index is 523. The third-order valence-electron chi connectivity index (χ3n) is 3.58. The van der Waals surface area contributed by atoms with Crippen LogP contribution in [0, 0.1) is 0 Å². The van der Waals surface area contributed by atoms with E-state index in [0.29, 0.717) is 0 Å². The smallest absolute Gasteiger partial charge is 0.137 e. The number of unbranched alkanes of at least 4 members (excludes halogenated alkanes) is 2. The molecule has 2 N–H and O–H groups in total. The molecular formula is C17H25N3O. The minimum absolute atomic E-state index is 0.898. The SMILES string of the molecule is CCCCCNCCc1cc(-c2ncc[nH]2)ccc1OC. The Morgan fingerprint density at radius 2 is 2.14 bits per heavy atom. The summed E-state index contributed by atoms with van der Waals surface area (Å²) in [4.78, 5) is 7.44. The second-order valence-corrected chi connectivity index (χ2v) is 5.17. The van der Waals surface area contributed by atoms with E-state index < -0.39 is 0 Å². The van der Waals surface area contributed by atoms with Gasteiger partial charge in [0.05, 0.1) is 7.11 Å². The van der Waals surface area contributed by atoms with Crippen molar-refractivity contribution in [3.63, 3.8) is 0 Å². The van der Waals surface area contributed by atoms with Crippen molar-refractivity contribution < 1.29 is 4.74 Å². The molecule has 0 aliphatic rings. The molecule has 0 radical (unpaired) electrons. The molecule has 2 aromatic rings. The van der Waals surface area contributed by atoms with Gasteiger partial charge in [0.25, 0.3) is 0 Å². The van der Waals surface area contributed by atoms with Crippen LogP contribution in [0.2, 0.25) is 0 Å². The third kappa shape index (κ3) is 4.60. The predicted octanol–water partition coefficient (Wildman–Crippen LogP) is 3.41. The van der Waals surface area contributed by atoms with Gasteiger partial charge in [-0.3, -0.25) is 0 Å². The van der Waals surface area contributed by atoms with Crippen LogP contribution in [0.4, 0.5) is 0 Å². The Balaban J connectivity index is 1.95. The van der Waals surface area contributed by atoms with E-state index in [9.17, 15) is 0 Å². The Kier molecular flexibility index (Phi) is 6.28. The van der Waals surface area contributed by atoms with Crippen molar-refractivity contribution in [2.24, 2.45) is 0 Å². The zero-order valence-electron chi connectivity index (χ0n) is 13.0. The molecular weight excluding hydrogens is 262 g/mol. The van der Waals surface area contributed by atoms with Crippen molar-refractivity contribution in [1.29, 1.82) is 0 Å². The summed E-state index contributed by atoms with van der Waals surface area (Å²) in [5.41, 5.74) is 2.32. The summed E-state index contributed by atoms with van der Waals surface area (Å²) in [5, 5.41) is 3.50. The summed E-state index contributed by atoms with van der Waals surface area (Å²) in [7, 11) is 1.72. The molecule has 0 atom stereocenters. The van der Waals surface area contributed by atoms with E-state index >= 15 is 0 Å². The van der Waals surface area contributed by atoms with Gasteiger partial charge >= 0.3 is 0 Å². The Hall–Kier alpha value is -1.81. The number of nitrogens with zero attached hydrogens (tertiary/aromatic N) is 1. The van der Waals surface area contributed by atoms with Gasteiger partial charge in [0.15, 0.2) is 0 Å². The van der Waals surface area contributed by atoms with Crippen molar-refractivity contribution in [1.82, 2.24) is 15.3 Å². The van der Waals surface area contributed by atoms with Crippen molar-refractivity contribution in [2.75, 3.05) is 20.2 Å². The van der Waals surface area contributed by atoms with Crippen molar-refractivity contribution >= 4 is 0 Å². The highest BCUT2D eigenvalue weighted by atomic mass is 16.5. The van der Waals surface area contributed by atoms with E-state index in [1.807, 2.05) is 18.3 Å². The second-order valence-electron chi connectivity index (χ2n) is 5.17. The zero-order chi connectivity index (χ0) is 14.9. The monoisotopic (exact) mass is 287 g/mol. The Labute approximate surface area is 127 Å². The van der Waals surface area contributed by atoms with E-state index in [-0.39, 0.29) is 0 Å². The van der Waals surface area contributed by atoms with Crippen LogP contribution in [0.3, 0.4) is 0 Å². The van der Waals surface area contributed by atoms with Crippen LogP contribution in [0.1, 0.15) is 31.7 Å². The molecule has 1 aromatic carbocycles. The molecule has 4 heteroatoms. The first-order valence-electron chi connectivity index (χ1n) is 7.72. The van der Waals surface area contributed by atoms with Crippen LogP contribution in [-0.2, 0) is 6.42 Å². The first-order chi connectivity index (χ1) is 10.3. The molecule has 0 unspecified atom stereocenters.